The Morgan fingerprint density at radius 3 is 2.65 bits per heavy atom. The highest BCUT2D eigenvalue weighted by Crippen LogP contribution is 2.30. The average molecular weight is 425 g/mol. The maximum atomic E-state index is 13.1. The molecule has 1 fully saturated rings. The van der Waals surface area contributed by atoms with Crippen LogP contribution in [0.5, 0.6) is 0 Å². The van der Waals surface area contributed by atoms with Crippen molar-refractivity contribution in [2.45, 2.75) is 51.1 Å². The van der Waals surface area contributed by atoms with Crippen LogP contribution in [0.3, 0.4) is 0 Å². The lowest BCUT2D eigenvalue weighted by atomic mass is 10.0. The number of rotatable bonds is 5. The maximum Gasteiger partial charge on any atom is 0.332 e. The Morgan fingerprint density at radius 2 is 1.87 bits per heavy atom. The molecule has 1 aliphatic rings. The summed E-state index contributed by atoms with van der Waals surface area (Å²) < 4.78 is 4.20. The highest BCUT2D eigenvalue weighted by molar-refractivity contribution is 5.77. The molecule has 4 rings (SSSR count). The molecule has 0 aromatic carbocycles. The van der Waals surface area contributed by atoms with Crippen molar-refractivity contribution >= 4 is 17.1 Å². The standard InChI is InChI=1S/C22H28N6O3/c1-25-20-19(21(30)26(2)22(25)31)27(15-24-20)13-6-8-18(29)28-14-5-3-4-7-17(28)16-9-11-23-12-10-16/h9-12,15,17H,3-8,13-14H2,1-2H3. The minimum absolute atomic E-state index is 0.0916. The molecule has 1 unspecified atom stereocenters. The van der Waals surface area contributed by atoms with Gasteiger partial charge in [-0.05, 0) is 37.0 Å². The zero-order valence-electron chi connectivity index (χ0n) is 18.0. The lowest BCUT2D eigenvalue weighted by Gasteiger charge is -2.30. The van der Waals surface area contributed by atoms with Crippen LogP contribution in [0.1, 0.15) is 50.1 Å². The van der Waals surface area contributed by atoms with Gasteiger partial charge in [0.15, 0.2) is 11.2 Å². The Labute approximate surface area is 180 Å². The van der Waals surface area contributed by atoms with E-state index in [4.69, 9.17) is 0 Å². The van der Waals surface area contributed by atoms with Crippen molar-refractivity contribution in [3.05, 3.63) is 57.3 Å². The molecule has 4 heterocycles. The van der Waals surface area contributed by atoms with Gasteiger partial charge in [0.2, 0.25) is 5.91 Å². The first-order valence-electron chi connectivity index (χ1n) is 10.8. The second-order valence-corrected chi connectivity index (χ2v) is 8.15. The second-order valence-electron chi connectivity index (χ2n) is 8.15. The summed E-state index contributed by atoms with van der Waals surface area (Å²) in [5.41, 5.74) is 1.12. The smallest absolute Gasteiger partial charge is 0.332 e. The van der Waals surface area contributed by atoms with Crippen LogP contribution in [0.4, 0.5) is 0 Å². The summed E-state index contributed by atoms with van der Waals surface area (Å²) in [6, 6.07) is 4.08. The van der Waals surface area contributed by atoms with Crippen LogP contribution in [0.2, 0.25) is 0 Å². The monoisotopic (exact) mass is 424 g/mol. The molecule has 1 amide bonds. The summed E-state index contributed by atoms with van der Waals surface area (Å²) >= 11 is 0. The van der Waals surface area contributed by atoms with Crippen molar-refractivity contribution in [1.29, 1.82) is 0 Å². The lowest BCUT2D eigenvalue weighted by molar-refractivity contribution is -0.133. The minimum atomic E-state index is -0.402. The van der Waals surface area contributed by atoms with Crippen molar-refractivity contribution in [3.63, 3.8) is 0 Å². The summed E-state index contributed by atoms with van der Waals surface area (Å²) in [5, 5.41) is 0. The van der Waals surface area contributed by atoms with Crippen molar-refractivity contribution in [2.75, 3.05) is 6.54 Å². The lowest BCUT2D eigenvalue weighted by Crippen LogP contribution is -2.37. The van der Waals surface area contributed by atoms with E-state index in [1.807, 2.05) is 17.0 Å². The van der Waals surface area contributed by atoms with Gasteiger partial charge >= 0.3 is 5.69 Å². The van der Waals surface area contributed by atoms with Crippen molar-refractivity contribution in [1.82, 2.24) is 28.6 Å². The van der Waals surface area contributed by atoms with Crippen molar-refractivity contribution in [3.8, 4) is 0 Å². The van der Waals surface area contributed by atoms with Crippen LogP contribution in [-0.4, -0.2) is 41.0 Å². The van der Waals surface area contributed by atoms with E-state index < -0.39 is 5.69 Å². The number of hydrogen-bond donors (Lipinski definition) is 0. The van der Waals surface area contributed by atoms with Crippen LogP contribution in [0, 0.1) is 0 Å². The number of pyridine rings is 1. The van der Waals surface area contributed by atoms with Crippen LogP contribution in [0.15, 0.2) is 40.4 Å². The number of hydrogen-bond acceptors (Lipinski definition) is 5. The van der Waals surface area contributed by atoms with Gasteiger partial charge in [0.1, 0.15) is 0 Å². The van der Waals surface area contributed by atoms with E-state index in [-0.39, 0.29) is 17.5 Å². The average Bonchev–Trinajstić information content (AvgIpc) is 3.05. The molecule has 1 atom stereocenters. The number of fused-ring (bicyclic) bond motifs is 1. The van der Waals surface area contributed by atoms with Crippen LogP contribution in [-0.2, 0) is 25.4 Å². The first-order chi connectivity index (χ1) is 15.0. The molecule has 3 aromatic heterocycles. The molecule has 0 spiro atoms. The van der Waals surface area contributed by atoms with Gasteiger partial charge in [-0.3, -0.25) is 23.7 Å². The van der Waals surface area contributed by atoms with E-state index in [9.17, 15) is 14.4 Å². The minimum Gasteiger partial charge on any atom is -0.336 e. The topological polar surface area (TPSA) is 95.0 Å². The third-order valence-electron chi connectivity index (χ3n) is 6.17. The van der Waals surface area contributed by atoms with Gasteiger partial charge in [0.05, 0.1) is 12.4 Å². The Bertz CT molecular complexity index is 1190. The number of imidazole rings is 1. The maximum absolute atomic E-state index is 13.1. The van der Waals surface area contributed by atoms with Gasteiger partial charge in [-0.25, -0.2) is 9.78 Å². The fourth-order valence-corrected chi connectivity index (χ4v) is 4.45. The molecular weight excluding hydrogens is 396 g/mol. The number of amides is 1. The molecule has 0 radical (unpaired) electrons. The summed E-state index contributed by atoms with van der Waals surface area (Å²) in [5.74, 6) is 0.133. The molecular formula is C22H28N6O3. The number of aromatic nitrogens is 5. The third-order valence-corrected chi connectivity index (χ3v) is 6.17. The van der Waals surface area contributed by atoms with E-state index in [1.165, 1.54) is 11.6 Å². The summed E-state index contributed by atoms with van der Waals surface area (Å²) in [4.78, 5) is 48.1. The largest absolute Gasteiger partial charge is 0.336 e. The van der Waals surface area contributed by atoms with Gasteiger partial charge in [-0.2, -0.15) is 0 Å². The summed E-state index contributed by atoms with van der Waals surface area (Å²) in [6.07, 6.45) is 10.3. The predicted octanol–water partition coefficient (Wildman–Crippen LogP) is 1.75. The highest BCUT2D eigenvalue weighted by atomic mass is 16.2. The van der Waals surface area contributed by atoms with Gasteiger partial charge in [0, 0.05) is 46.0 Å². The van der Waals surface area contributed by atoms with E-state index in [0.717, 1.165) is 42.4 Å². The predicted molar refractivity (Wildman–Crippen MR) is 117 cm³/mol. The molecule has 0 saturated carbocycles. The van der Waals surface area contributed by atoms with E-state index in [2.05, 4.69) is 9.97 Å². The van der Waals surface area contributed by atoms with Crippen LogP contribution in [0.25, 0.3) is 11.2 Å². The van der Waals surface area contributed by atoms with Crippen molar-refractivity contribution in [2.24, 2.45) is 14.1 Å². The molecule has 1 saturated heterocycles. The summed E-state index contributed by atoms with van der Waals surface area (Å²) in [7, 11) is 3.06. The van der Waals surface area contributed by atoms with Crippen LogP contribution >= 0.6 is 0 Å². The highest BCUT2D eigenvalue weighted by Gasteiger charge is 2.26. The Balaban J connectivity index is 1.49. The van der Waals surface area contributed by atoms with Gasteiger partial charge in [-0.1, -0.05) is 12.8 Å². The molecule has 164 valence electrons. The molecule has 9 nitrogen and oxygen atoms in total. The number of nitrogens with zero attached hydrogens (tertiary/aromatic N) is 6. The summed E-state index contributed by atoms with van der Waals surface area (Å²) in [6.45, 7) is 1.26. The first-order valence-corrected chi connectivity index (χ1v) is 10.8. The molecule has 0 N–H and O–H groups in total. The number of likely N-dealkylation sites (tertiary alicyclic amines) is 1. The fraction of sp³-hybridized carbons (Fsp3) is 0.500. The SMILES string of the molecule is Cn1c(=O)c2c(ncn2CCCC(=O)N2CCCCCC2c2ccncc2)n(C)c1=O. The Kier molecular flexibility index (Phi) is 6.01. The van der Waals surface area contributed by atoms with Gasteiger partial charge < -0.3 is 9.47 Å². The molecule has 0 aliphatic carbocycles. The van der Waals surface area contributed by atoms with E-state index in [1.54, 1.807) is 30.3 Å². The first kappa shape index (κ1) is 21.0. The Hall–Kier alpha value is -3.23. The Morgan fingerprint density at radius 1 is 1.10 bits per heavy atom. The van der Waals surface area contributed by atoms with Crippen molar-refractivity contribution < 1.29 is 4.79 Å². The molecule has 9 heteroatoms. The molecule has 31 heavy (non-hydrogen) atoms. The molecule has 3 aromatic rings. The van der Waals surface area contributed by atoms with Gasteiger partial charge in [-0.15, -0.1) is 0 Å². The van der Waals surface area contributed by atoms with E-state index >= 15 is 0 Å². The molecule has 0 bridgehead atoms. The number of aryl methyl sites for hydroxylation is 2. The van der Waals surface area contributed by atoms with Crippen LogP contribution < -0.4 is 11.2 Å². The normalized spacial score (nSPS) is 17.1. The number of carbonyl (C=O) groups excluding carboxylic acids is 1. The quantitative estimate of drug-likeness (QED) is 0.622. The zero-order chi connectivity index (χ0) is 22.0. The fourth-order valence-electron chi connectivity index (χ4n) is 4.45. The second kappa shape index (κ2) is 8.87. The zero-order valence-corrected chi connectivity index (χ0v) is 18.0. The van der Waals surface area contributed by atoms with Gasteiger partial charge in [0.25, 0.3) is 5.56 Å². The van der Waals surface area contributed by atoms with E-state index in [0.29, 0.717) is 30.6 Å². The molecule has 1 aliphatic heterocycles. The third kappa shape index (κ3) is 4.04. The number of carbonyl (C=O) groups is 1.